The fraction of sp³-hybridized carbons (Fsp3) is 0.500. The highest BCUT2D eigenvalue weighted by Crippen LogP contribution is 2.26. The number of nitrogens with zero attached hydrogens (tertiary/aromatic N) is 1. The summed E-state index contributed by atoms with van der Waals surface area (Å²) in [5.41, 5.74) is -0.582. The summed E-state index contributed by atoms with van der Waals surface area (Å²) in [7, 11) is 0. The highest BCUT2D eigenvalue weighted by molar-refractivity contribution is 5.84. The second-order valence-electron chi connectivity index (χ2n) is 3.88. The van der Waals surface area contributed by atoms with Crippen LogP contribution in [0.3, 0.4) is 0 Å². The van der Waals surface area contributed by atoms with Crippen LogP contribution in [-0.2, 0) is 10.7 Å². The Morgan fingerprint density at radius 2 is 2.28 bits per heavy atom. The van der Waals surface area contributed by atoms with Gasteiger partial charge < -0.3 is 10.4 Å². The molecule has 1 unspecified atom stereocenters. The number of aliphatic hydroxyl groups is 1. The highest BCUT2D eigenvalue weighted by Gasteiger charge is 2.42. The van der Waals surface area contributed by atoms with Gasteiger partial charge in [-0.25, -0.2) is 0 Å². The third kappa shape index (κ3) is 3.46. The lowest BCUT2D eigenvalue weighted by atomic mass is 10.1. The van der Waals surface area contributed by atoms with Crippen LogP contribution in [0, 0.1) is 0 Å². The van der Waals surface area contributed by atoms with E-state index < -0.39 is 23.6 Å². The van der Waals surface area contributed by atoms with E-state index >= 15 is 0 Å². The average Bonchev–Trinajstić information content (AvgIpc) is 2.39. The van der Waals surface area contributed by atoms with Crippen LogP contribution in [0.15, 0.2) is 24.4 Å². The predicted molar refractivity (Wildman–Crippen MR) is 62.1 cm³/mol. The van der Waals surface area contributed by atoms with E-state index in [0.717, 1.165) is 6.07 Å². The van der Waals surface area contributed by atoms with Crippen molar-refractivity contribution in [2.75, 3.05) is 6.61 Å². The largest absolute Gasteiger partial charge is 0.396 e. The summed E-state index contributed by atoms with van der Waals surface area (Å²) in [6.45, 7) is 1.59. The zero-order valence-electron chi connectivity index (χ0n) is 10.1. The van der Waals surface area contributed by atoms with Gasteiger partial charge in [-0.15, -0.1) is 0 Å². The van der Waals surface area contributed by atoms with Crippen LogP contribution >= 0.6 is 0 Å². The summed E-state index contributed by atoms with van der Waals surface area (Å²) < 4.78 is 27.5. The smallest absolute Gasteiger partial charge is 0.366 e. The Morgan fingerprint density at radius 1 is 1.56 bits per heavy atom. The van der Waals surface area contributed by atoms with E-state index in [4.69, 9.17) is 5.11 Å². The summed E-state index contributed by atoms with van der Waals surface area (Å²) in [4.78, 5) is 15.0. The minimum absolute atomic E-state index is 0.159. The number of aliphatic hydroxyl groups excluding tert-OH is 1. The lowest BCUT2D eigenvalue weighted by molar-refractivity contribution is -0.148. The molecule has 0 aliphatic heterocycles. The minimum Gasteiger partial charge on any atom is -0.396 e. The molecule has 1 heterocycles. The molecule has 18 heavy (non-hydrogen) atoms. The molecule has 100 valence electrons. The van der Waals surface area contributed by atoms with Crippen LogP contribution in [0.5, 0.6) is 0 Å². The third-order valence-electron chi connectivity index (χ3n) is 2.58. The summed E-state index contributed by atoms with van der Waals surface area (Å²) in [5, 5.41) is 11.0. The molecule has 1 aromatic rings. The molecule has 1 aromatic heterocycles. The molecule has 0 saturated heterocycles. The molecule has 0 spiro atoms. The number of rotatable bonds is 6. The summed E-state index contributed by atoms with van der Waals surface area (Å²) in [6.07, 6.45) is 1.94. The molecule has 0 aromatic carbocycles. The number of hydrogen-bond acceptors (Lipinski definition) is 3. The predicted octanol–water partition coefficient (Wildman–Crippen LogP) is 1.45. The Hall–Kier alpha value is -1.56. The van der Waals surface area contributed by atoms with Crippen molar-refractivity contribution in [2.45, 2.75) is 31.7 Å². The van der Waals surface area contributed by atoms with Crippen molar-refractivity contribution in [3.05, 3.63) is 30.1 Å². The first-order chi connectivity index (χ1) is 8.52. The number of carbonyl (C=O) groups excluding carboxylic acids is 1. The van der Waals surface area contributed by atoms with Crippen molar-refractivity contribution < 1.29 is 18.7 Å². The molecule has 0 aliphatic carbocycles. The van der Waals surface area contributed by atoms with Crippen LogP contribution in [-0.4, -0.2) is 28.6 Å². The van der Waals surface area contributed by atoms with Crippen molar-refractivity contribution in [2.24, 2.45) is 0 Å². The van der Waals surface area contributed by atoms with Crippen molar-refractivity contribution in [3.63, 3.8) is 0 Å². The molecule has 0 saturated carbocycles. The van der Waals surface area contributed by atoms with Gasteiger partial charge in [-0.3, -0.25) is 9.78 Å². The Kier molecular flexibility index (Phi) is 5.15. The standard InChI is InChI=1S/C12H16F2N2O2/c1-2-9(6-8-17)16-11(18)12(13,14)10-5-3-4-7-15-10/h3-5,7,9,17H,2,6,8H2,1H3,(H,16,18). The first-order valence-corrected chi connectivity index (χ1v) is 5.73. The van der Waals surface area contributed by atoms with E-state index in [1.807, 2.05) is 0 Å². The van der Waals surface area contributed by atoms with Crippen LogP contribution in [0.1, 0.15) is 25.5 Å². The van der Waals surface area contributed by atoms with E-state index in [9.17, 15) is 13.6 Å². The first kappa shape index (κ1) is 14.5. The molecular formula is C12H16F2N2O2. The van der Waals surface area contributed by atoms with Crippen molar-refractivity contribution >= 4 is 5.91 Å². The van der Waals surface area contributed by atoms with Gasteiger partial charge in [-0.2, -0.15) is 8.78 Å². The molecule has 2 N–H and O–H groups in total. The molecule has 1 amide bonds. The van der Waals surface area contributed by atoms with Gasteiger partial charge in [-0.1, -0.05) is 13.0 Å². The van der Waals surface area contributed by atoms with Gasteiger partial charge in [0.2, 0.25) is 0 Å². The molecule has 0 radical (unpaired) electrons. The number of nitrogens with one attached hydrogen (secondary N) is 1. The van der Waals surface area contributed by atoms with Crippen LogP contribution in [0.2, 0.25) is 0 Å². The molecule has 0 fully saturated rings. The third-order valence-corrected chi connectivity index (χ3v) is 2.58. The molecule has 1 rings (SSSR count). The molecular weight excluding hydrogens is 242 g/mol. The van der Waals surface area contributed by atoms with Gasteiger partial charge in [0, 0.05) is 18.8 Å². The van der Waals surface area contributed by atoms with Crippen LogP contribution < -0.4 is 5.32 Å². The Morgan fingerprint density at radius 3 is 2.78 bits per heavy atom. The van der Waals surface area contributed by atoms with E-state index in [0.29, 0.717) is 6.42 Å². The van der Waals surface area contributed by atoms with Gasteiger partial charge in [0.15, 0.2) is 0 Å². The lowest BCUT2D eigenvalue weighted by Crippen LogP contribution is -2.44. The number of amides is 1. The second kappa shape index (κ2) is 6.39. The van der Waals surface area contributed by atoms with E-state index in [1.54, 1.807) is 6.92 Å². The minimum atomic E-state index is -3.66. The number of pyridine rings is 1. The van der Waals surface area contributed by atoms with Crippen LogP contribution in [0.25, 0.3) is 0 Å². The van der Waals surface area contributed by atoms with Gasteiger partial charge in [0.25, 0.3) is 5.91 Å². The monoisotopic (exact) mass is 258 g/mol. The molecule has 1 atom stereocenters. The van der Waals surface area contributed by atoms with Crippen molar-refractivity contribution in [3.8, 4) is 0 Å². The second-order valence-corrected chi connectivity index (χ2v) is 3.88. The number of hydrogen-bond donors (Lipinski definition) is 2. The normalized spacial score (nSPS) is 13.1. The summed E-state index contributed by atoms with van der Waals surface area (Å²) in [5.74, 6) is -5.05. The highest BCUT2D eigenvalue weighted by atomic mass is 19.3. The Labute approximate surface area is 104 Å². The maximum absolute atomic E-state index is 13.7. The van der Waals surface area contributed by atoms with Gasteiger partial charge in [-0.05, 0) is 25.0 Å². The summed E-state index contributed by atoms with van der Waals surface area (Å²) >= 11 is 0. The molecule has 0 aliphatic rings. The Balaban J connectivity index is 2.76. The van der Waals surface area contributed by atoms with Gasteiger partial charge >= 0.3 is 5.92 Å². The lowest BCUT2D eigenvalue weighted by Gasteiger charge is -2.20. The number of aromatic nitrogens is 1. The number of carbonyl (C=O) groups is 1. The summed E-state index contributed by atoms with van der Waals surface area (Å²) in [6, 6.07) is 3.54. The molecule has 4 nitrogen and oxygen atoms in total. The zero-order valence-corrected chi connectivity index (χ0v) is 10.1. The van der Waals surface area contributed by atoms with E-state index in [-0.39, 0.29) is 13.0 Å². The van der Waals surface area contributed by atoms with Gasteiger partial charge in [0.05, 0.1) is 0 Å². The number of halogens is 2. The fourth-order valence-electron chi connectivity index (χ4n) is 1.48. The fourth-order valence-corrected chi connectivity index (χ4v) is 1.48. The quantitative estimate of drug-likeness (QED) is 0.811. The SMILES string of the molecule is CCC(CCO)NC(=O)C(F)(F)c1ccccn1. The zero-order chi connectivity index (χ0) is 13.6. The molecule has 6 heteroatoms. The first-order valence-electron chi connectivity index (χ1n) is 5.73. The Bertz CT molecular complexity index is 385. The van der Waals surface area contributed by atoms with E-state index in [2.05, 4.69) is 10.3 Å². The maximum Gasteiger partial charge on any atom is 0.366 e. The van der Waals surface area contributed by atoms with Crippen LogP contribution in [0.4, 0.5) is 8.78 Å². The molecule has 0 bridgehead atoms. The average molecular weight is 258 g/mol. The van der Waals surface area contributed by atoms with E-state index in [1.165, 1.54) is 18.3 Å². The van der Waals surface area contributed by atoms with Crippen molar-refractivity contribution in [1.82, 2.24) is 10.3 Å². The topological polar surface area (TPSA) is 62.2 Å². The van der Waals surface area contributed by atoms with Gasteiger partial charge in [0.1, 0.15) is 5.69 Å². The maximum atomic E-state index is 13.7. The number of alkyl halides is 2. The van der Waals surface area contributed by atoms with Crippen molar-refractivity contribution in [1.29, 1.82) is 0 Å².